The molecule has 0 saturated carbocycles. The Hall–Kier alpha value is 1.10. The number of carboxylic acid groups (broad SMARTS) is 1. The van der Waals surface area contributed by atoms with E-state index in [9.17, 15) is 47.9 Å². The fourth-order valence-electron chi connectivity index (χ4n) is 1.29. The van der Waals surface area contributed by atoms with Gasteiger partial charge in [-0.25, -0.2) is 4.79 Å². The van der Waals surface area contributed by atoms with Crippen molar-refractivity contribution < 1.29 is 53.1 Å². The van der Waals surface area contributed by atoms with Gasteiger partial charge in [0.15, 0.2) is 0 Å². The molecule has 20 nitrogen and oxygen atoms in total. The van der Waals surface area contributed by atoms with E-state index in [0.717, 1.165) is 6.08 Å². The van der Waals surface area contributed by atoms with Gasteiger partial charge >= 0.3 is 272 Å². The Bertz CT molecular complexity index is 1080. The van der Waals surface area contributed by atoms with Crippen LogP contribution in [0.5, 0.6) is 0 Å². The van der Waals surface area contributed by atoms with E-state index in [0.29, 0.717) is 0 Å². The molecule has 0 rings (SSSR count). The van der Waals surface area contributed by atoms with Crippen LogP contribution in [0.3, 0.4) is 0 Å². The van der Waals surface area contributed by atoms with Gasteiger partial charge in [0, 0.05) is 68.4 Å². The van der Waals surface area contributed by atoms with Gasteiger partial charge in [0.25, 0.3) is 0 Å². The second-order valence-electron chi connectivity index (χ2n) is 8.68. The number of rotatable bonds is 10. The van der Waals surface area contributed by atoms with Crippen LogP contribution in [-0.4, -0.2) is 330 Å². The summed E-state index contributed by atoms with van der Waals surface area (Å²) in [4.78, 5) is 98.0. The number of amides is 9. The van der Waals surface area contributed by atoms with Crippen LogP contribution in [0.25, 0.3) is 0 Å². The quantitative estimate of drug-likeness (QED) is 0.0769. The van der Waals surface area contributed by atoms with E-state index in [1.165, 1.54) is 118 Å². The molecule has 0 aromatic rings. The Morgan fingerprint density at radius 2 is 0.309 bits per heavy atom. The van der Waals surface area contributed by atoms with Gasteiger partial charge in [0.2, 0.25) is 53.2 Å². The van der Waals surface area contributed by atoms with E-state index in [2.05, 4.69) is 114 Å². The molecule has 0 heterocycles. The first-order chi connectivity index (χ1) is 27.2. The molecule has 10 N–H and O–H groups in total. The van der Waals surface area contributed by atoms with Crippen LogP contribution in [0.2, 0.25) is 0 Å². The summed E-state index contributed by atoms with van der Waals surface area (Å²) in [6, 6.07) is 0. The summed E-state index contributed by atoms with van der Waals surface area (Å²) in [5, 5.41) is 28.6. The molecule has 0 unspecified atom stereocenters. The molecule has 0 atom stereocenters. The van der Waals surface area contributed by atoms with E-state index in [-0.39, 0.29) is 319 Å². The molecule has 0 aliphatic heterocycles. The molecule has 0 aliphatic rings. The van der Waals surface area contributed by atoms with E-state index in [1.54, 1.807) is 0 Å². The summed E-state index contributed by atoms with van der Waals surface area (Å²) in [6.45, 7) is 45.3. The first-order valence-electron chi connectivity index (χ1n) is 16.0. The second-order valence-corrected chi connectivity index (χ2v) is 8.68. The summed E-state index contributed by atoms with van der Waals surface area (Å²) in [5.74, 6) is -1.69. The third-order valence-corrected chi connectivity index (χ3v) is 2.92. The average Bonchev–Trinajstić information content (AvgIpc) is 3.07. The van der Waals surface area contributed by atoms with E-state index in [1.807, 2.05) is 0 Å². The van der Waals surface area contributed by atoms with Crippen molar-refractivity contribution in [2.45, 2.75) is 62.3 Å². The molecule has 0 aliphatic carbocycles. The van der Waals surface area contributed by atoms with Crippen molar-refractivity contribution >= 4 is 325 Å². The zero-order valence-electron chi connectivity index (χ0n) is 35.9. The molecule has 0 aromatic heterocycles. The minimum absolute atomic E-state index is 0. The minimum atomic E-state index is -0.981. The zero-order chi connectivity index (χ0) is 49.2. The van der Waals surface area contributed by atoms with Crippen molar-refractivity contribution in [2.24, 2.45) is 0 Å². The Morgan fingerprint density at radius 1 is 0.250 bits per heavy atom. The number of nitrogens with one attached hydrogen (secondary N) is 9. The van der Waals surface area contributed by atoms with Gasteiger partial charge < -0.3 is 53.0 Å². The van der Waals surface area contributed by atoms with Crippen LogP contribution in [0, 0.1) is 0 Å². The molecule has 352 valence electrons. The number of carbonyl (C=O) groups is 10. The number of carbonyl (C=O) groups excluding carboxylic acids is 9. The van der Waals surface area contributed by atoms with Gasteiger partial charge in [-0.1, -0.05) is 65.8 Å². The first-order valence-corrected chi connectivity index (χ1v) is 16.0. The Balaban J connectivity index is -0.0000000228. The molecule has 0 spiro atoms. The van der Waals surface area contributed by atoms with Gasteiger partial charge in [-0.2, -0.15) is 0 Å². The van der Waals surface area contributed by atoms with Crippen molar-refractivity contribution in [3.05, 3.63) is 128 Å². The third kappa shape index (κ3) is 324. The normalized spacial score (nSPS) is 5.90. The molecule has 0 fully saturated rings. The fourth-order valence-corrected chi connectivity index (χ4v) is 1.29. The number of carboxylic acids is 1. The molecule has 0 aromatic carbocycles. The van der Waals surface area contributed by atoms with Crippen molar-refractivity contribution in [1.82, 2.24) is 47.9 Å². The van der Waals surface area contributed by atoms with Crippen LogP contribution in [0.1, 0.15) is 62.3 Å². The molecule has 29 heteroatoms. The predicted octanol–water partition coefficient (Wildman–Crippen LogP) is -3.19. The summed E-state index contributed by atoms with van der Waals surface area (Å²) in [7, 11) is 0. The van der Waals surface area contributed by atoms with Crippen molar-refractivity contribution in [2.75, 3.05) is 0 Å². The first kappa shape index (κ1) is 128. The molecule has 0 radical (unpaired) electrons. The van der Waals surface area contributed by atoms with Gasteiger partial charge in [-0.05, 0) is 55.8 Å². The zero-order valence-corrected chi connectivity index (χ0v) is 35.9. The maximum atomic E-state index is 9.86. The number of aliphatic carboxylic acids is 1. The summed E-state index contributed by atoms with van der Waals surface area (Å²) < 4.78 is 0. The van der Waals surface area contributed by atoms with Crippen LogP contribution >= 0.6 is 0 Å². The summed E-state index contributed by atoms with van der Waals surface area (Å²) >= 11 is 0. The van der Waals surface area contributed by atoms with E-state index >= 15 is 0 Å². The van der Waals surface area contributed by atoms with Crippen LogP contribution in [0.4, 0.5) is 0 Å². The third-order valence-electron chi connectivity index (χ3n) is 2.92. The average molecular weight is 1050 g/mol. The van der Waals surface area contributed by atoms with Gasteiger partial charge in [0.1, 0.15) is 0 Å². The Morgan fingerprint density at radius 3 is 0.309 bits per heavy atom. The topological polar surface area (TPSA) is 299 Å². The number of hydrogen-bond donors (Lipinski definition) is 10. The summed E-state index contributed by atoms with van der Waals surface area (Å²) in [5.41, 5.74) is 0. The molecule has 0 saturated heterocycles. The molecule has 9 amide bonds. The number of hydrogen-bond acceptors (Lipinski definition) is 10. The molecular weight excluding hydrogens is 977 g/mol. The van der Waals surface area contributed by atoms with Crippen LogP contribution < -0.4 is 47.9 Å². The molecule has 68 heavy (non-hydrogen) atoms. The summed E-state index contributed by atoms with van der Waals surface area (Å²) in [6.07, 6.45) is 13.0. The maximum absolute atomic E-state index is 9.86. The molecular formula is C39H76N9Na9O11. The van der Waals surface area contributed by atoms with Gasteiger partial charge in [-0.3, -0.25) is 43.2 Å². The van der Waals surface area contributed by atoms with Crippen molar-refractivity contribution in [3.63, 3.8) is 0 Å². The van der Waals surface area contributed by atoms with Crippen molar-refractivity contribution in [1.29, 1.82) is 0 Å². The Labute approximate surface area is 605 Å². The van der Waals surface area contributed by atoms with Crippen molar-refractivity contribution in [3.8, 4) is 0 Å². The SMILES string of the molecule is C=CC(=O)O.C=CNC(C)=O.C=CNC(C)=O.C=CNC(C)=O.C=CNC(C)=O.C=CNC(C)=O.C=CNC(C)=O.C=CNC(C)=O.C=CNC(C)=O.C=CNC(C)=O.[NaH].[NaH].[NaH].[NaH].[NaH].[NaH].[NaH].[NaH].[NaH]. The predicted molar refractivity (Wildman–Crippen MR) is 298 cm³/mol. The monoisotopic (exact) mass is 1050 g/mol. The second kappa shape index (κ2) is 122. The van der Waals surface area contributed by atoms with Gasteiger partial charge in [0.05, 0.1) is 0 Å². The fraction of sp³-hybridized carbons (Fsp3) is 0.231. The van der Waals surface area contributed by atoms with Crippen LogP contribution in [0.15, 0.2) is 128 Å². The van der Waals surface area contributed by atoms with E-state index < -0.39 is 5.97 Å². The standard InChI is InChI=1S/9C4H7NO.C3H4O2.9Na.9H/c9*1-3-5-4(2)6;1-2-3(4)5;;;;;;;;;;;;;;;;;;/h9*3H,1H2,2H3,(H,5,6);2H,1H2,(H,4,5);;;;;;;;;;;;;;;;;;. The van der Waals surface area contributed by atoms with E-state index in [4.69, 9.17) is 5.11 Å². The molecule has 0 bridgehead atoms. The Kier molecular flexibility index (Phi) is 229. The van der Waals surface area contributed by atoms with Gasteiger partial charge in [-0.15, -0.1) is 0 Å². The van der Waals surface area contributed by atoms with Crippen LogP contribution in [-0.2, 0) is 47.9 Å².